The van der Waals surface area contributed by atoms with Gasteiger partial charge in [-0.1, -0.05) is 0 Å². The third kappa shape index (κ3) is 3.46. The van der Waals surface area contributed by atoms with Gasteiger partial charge in [-0.05, 0) is 28.1 Å². The molecule has 104 valence electrons. The summed E-state index contributed by atoms with van der Waals surface area (Å²) in [5.41, 5.74) is 0. The SMILES string of the molecule is O=C(O)[C@H]1C[C@@H](O)CN1C(=O)NCc1ccc(Br)s1. The quantitative estimate of drug-likeness (QED) is 0.766. The summed E-state index contributed by atoms with van der Waals surface area (Å²) in [5, 5.41) is 21.1. The number of urea groups is 1. The van der Waals surface area contributed by atoms with Gasteiger partial charge in [0.15, 0.2) is 0 Å². The van der Waals surface area contributed by atoms with Crippen LogP contribution >= 0.6 is 27.3 Å². The summed E-state index contributed by atoms with van der Waals surface area (Å²) >= 11 is 4.82. The minimum atomic E-state index is -1.09. The van der Waals surface area contributed by atoms with E-state index in [4.69, 9.17) is 5.11 Å². The lowest BCUT2D eigenvalue weighted by Crippen LogP contribution is -2.45. The van der Waals surface area contributed by atoms with E-state index in [9.17, 15) is 14.7 Å². The second-order valence-corrected chi connectivity index (χ2v) is 6.81. The zero-order chi connectivity index (χ0) is 14.0. The largest absolute Gasteiger partial charge is 0.480 e. The number of aliphatic hydroxyl groups excluding tert-OH is 1. The molecule has 1 aliphatic rings. The lowest BCUT2D eigenvalue weighted by atomic mass is 10.2. The first-order valence-corrected chi connectivity index (χ1v) is 7.28. The van der Waals surface area contributed by atoms with Crippen LogP contribution in [0.2, 0.25) is 0 Å². The van der Waals surface area contributed by atoms with Crippen LogP contribution in [-0.2, 0) is 11.3 Å². The Morgan fingerprint density at radius 1 is 1.53 bits per heavy atom. The van der Waals surface area contributed by atoms with Crippen molar-refractivity contribution in [3.8, 4) is 0 Å². The van der Waals surface area contributed by atoms with Crippen molar-refractivity contribution in [1.82, 2.24) is 10.2 Å². The summed E-state index contributed by atoms with van der Waals surface area (Å²) in [4.78, 5) is 25.0. The molecule has 8 heteroatoms. The van der Waals surface area contributed by atoms with Crippen molar-refractivity contribution in [3.05, 3.63) is 20.8 Å². The van der Waals surface area contributed by atoms with Crippen molar-refractivity contribution in [3.63, 3.8) is 0 Å². The van der Waals surface area contributed by atoms with Gasteiger partial charge in [0.2, 0.25) is 0 Å². The van der Waals surface area contributed by atoms with Crippen molar-refractivity contribution >= 4 is 39.3 Å². The molecule has 0 bridgehead atoms. The summed E-state index contributed by atoms with van der Waals surface area (Å²) in [6, 6.07) is 2.34. The molecule has 2 amide bonds. The number of amides is 2. The third-order valence-electron chi connectivity index (χ3n) is 2.87. The molecule has 0 aromatic carbocycles. The molecule has 0 aliphatic carbocycles. The van der Waals surface area contributed by atoms with E-state index in [1.165, 1.54) is 11.3 Å². The number of carbonyl (C=O) groups is 2. The first kappa shape index (κ1) is 14.3. The highest BCUT2D eigenvalue weighted by Gasteiger charge is 2.38. The van der Waals surface area contributed by atoms with Gasteiger partial charge in [-0.25, -0.2) is 9.59 Å². The number of aliphatic carboxylic acids is 1. The molecule has 19 heavy (non-hydrogen) atoms. The van der Waals surface area contributed by atoms with Gasteiger partial charge in [0, 0.05) is 17.8 Å². The maximum atomic E-state index is 11.9. The molecule has 1 saturated heterocycles. The number of aliphatic hydroxyl groups is 1. The standard InChI is InChI=1S/C11H13BrN2O4S/c12-9-2-1-7(19-9)4-13-11(18)14-5-6(15)3-8(14)10(16)17/h1-2,6,8,15H,3-5H2,(H,13,18)(H,16,17)/t6-,8-/m1/s1. The number of carbonyl (C=O) groups excluding carboxylic acids is 1. The minimum absolute atomic E-state index is 0.0525. The third-order valence-corrected chi connectivity index (χ3v) is 4.49. The monoisotopic (exact) mass is 348 g/mol. The number of β-amino-alcohol motifs (C(OH)–C–C–N with tert-alkyl or cyclic N) is 1. The molecule has 1 fully saturated rings. The number of nitrogens with zero attached hydrogens (tertiary/aromatic N) is 1. The molecule has 1 aromatic rings. The van der Waals surface area contributed by atoms with Crippen LogP contribution in [-0.4, -0.2) is 45.8 Å². The van der Waals surface area contributed by atoms with Crippen molar-refractivity contribution in [2.45, 2.75) is 25.1 Å². The van der Waals surface area contributed by atoms with Crippen molar-refractivity contribution in [2.75, 3.05) is 6.54 Å². The number of thiophene rings is 1. The van der Waals surface area contributed by atoms with Gasteiger partial charge in [-0.2, -0.15) is 0 Å². The van der Waals surface area contributed by atoms with E-state index in [-0.39, 0.29) is 13.0 Å². The summed E-state index contributed by atoms with van der Waals surface area (Å²) in [7, 11) is 0. The van der Waals surface area contributed by atoms with Gasteiger partial charge in [-0.3, -0.25) is 0 Å². The summed E-state index contributed by atoms with van der Waals surface area (Å²) in [6.07, 6.45) is -0.699. The average molecular weight is 349 g/mol. The molecule has 0 saturated carbocycles. The second-order valence-electron chi connectivity index (χ2n) is 4.26. The molecule has 2 rings (SSSR count). The van der Waals surface area contributed by atoms with Crippen LogP contribution < -0.4 is 5.32 Å². The maximum Gasteiger partial charge on any atom is 0.326 e. The lowest BCUT2D eigenvalue weighted by molar-refractivity contribution is -0.141. The van der Waals surface area contributed by atoms with Crippen LogP contribution in [0.3, 0.4) is 0 Å². The Morgan fingerprint density at radius 2 is 2.26 bits per heavy atom. The zero-order valence-corrected chi connectivity index (χ0v) is 12.3. The first-order valence-electron chi connectivity index (χ1n) is 5.67. The molecule has 1 aromatic heterocycles. The fourth-order valence-corrected chi connectivity index (χ4v) is 3.41. The van der Waals surface area contributed by atoms with Gasteiger partial charge in [0.25, 0.3) is 0 Å². The van der Waals surface area contributed by atoms with Crippen LogP contribution in [0.25, 0.3) is 0 Å². The number of rotatable bonds is 3. The van der Waals surface area contributed by atoms with Gasteiger partial charge in [-0.15, -0.1) is 11.3 Å². The van der Waals surface area contributed by atoms with Crippen LogP contribution in [0, 0.1) is 0 Å². The summed E-state index contributed by atoms with van der Waals surface area (Å²) in [5.74, 6) is -1.09. The Kier molecular flexibility index (Phi) is 4.43. The Hall–Kier alpha value is -1.12. The van der Waals surface area contributed by atoms with Gasteiger partial charge >= 0.3 is 12.0 Å². The van der Waals surface area contributed by atoms with E-state index in [1.54, 1.807) is 0 Å². The van der Waals surface area contributed by atoms with E-state index in [2.05, 4.69) is 21.2 Å². The number of carboxylic acid groups (broad SMARTS) is 1. The minimum Gasteiger partial charge on any atom is -0.480 e. The average Bonchev–Trinajstić information content (AvgIpc) is 2.92. The van der Waals surface area contributed by atoms with Crippen LogP contribution in [0.4, 0.5) is 4.79 Å². The lowest BCUT2D eigenvalue weighted by Gasteiger charge is -2.21. The second kappa shape index (κ2) is 5.89. The van der Waals surface area contributed by atoms with Crippen LogP contribution in [0.15, 0.2) is 15.9 Å². The normalized spacial score (nSPS) is 22.5. The molecular weight excluding hydrogens is 336 g/mol. The predicted octanol–water partition coefficient (Wildman–Crippen LogP) is 1.24. The smallest absolute Gasteiger partial charge is 0.326 e. The Balaban J connectivity index is 1.93. The van der Waals surface area contributed by atoms with Crippen molar-refractivity contribution < 1.29 is 19.8 Å². The highest BCUT2D eigenvalue weighted by atomic mass is 79.9. The summed E-state index contributed by atoms with van der Waals surface area (Å²) < 4.78 is 0.969. The van der Waals surface area contributed by atoms with E-state index in [0.29, 0.717) is 6.54 Å². The molecular formula is C11H13BrN2O4S. The number of likely N-dealkylation sites (tertiary alicyclic amines) is 1. The zero-order valence-electron chi connectivity index (χ0n) is 9.88. The molecule has 6 nitrogen and oxygen atoms in total. The molecule has 0 radical (unpaired) electrons. The van der Waals surface area contributed by atoms with Crippen molar-refractivity contribution in [1.29, 1.82) is 0 Å². The van der Waals surface area contributed by atoms with E-state index in [0.717, 1.165) is 13.6 Å². The number of nitrogens with one attached hydrogen (secondary N) is 1. The number of carboxylic acids is 1. The highest BCUT2D eigenvalue weighted by molar-refractivity contribution is 9.11. The van der Waals surface area contributed by atoms with Gasteiger partial charge in [0.1, 0.15) is 6.04 Å². The van der Waals surface area contributed by atoms with E-state index in [1.807, 2.05) is 12.1 Å². The fourth-order valence-electron chi connectivity index (χ4n) is 1.98. The van der Waals surface area contributed by atoms with Gasteiger partial charge < -0.3 is 20.4 Å². The predicted molar refractivity (Wildman–Crippen MR) is 73.0 cm³/mol. The van der Waals surface area contributed by atoms with Gasteiger partial charge in [0.05, 0.1) is 16.4 Å². The molecule has 1 aliphatic heterocycles. The molecule has 0 spiro atoms. The maximum absolute atomic E-state index is 11.9. The Labute approximate surface area is 122 Å². The van der Waals surface area contributed by atoms with Crippen LogP contribution in [0.1, 0.15) is 11.3 Å². The molecule has 0 unspecified atom stereocenters. The van der Waals surface area contributed by atoms with E-state index < -0.39 is 24.1 Å². The van der Waals surface area contributed by atoms with Crippen LogP contribution in [0.5, 0.6) is 0 Å². The molecule has 2 atom stereocenters. The summed E-state index contributed by atoms with van der Waals surface area (Å²) in [6.45, 7) is 0.394. The highest BCUT2D eigenvalue weighted by Crippen LogP contribution is 2.22. The number of hydrogen-bond donors (Lipinski definition) is 3. The number of hydrogen-bond acceptors (Lipinski definition) is 4. The Bertz CT molecular complexity index is 493. The Morgan fingerprint density at radius 3 is 2.84 bits per heavy atom. The van der Waals surface area contributed by atoms with E-state index >= 15 is 0 Å². The first-order chi connectivity index (χ1) is 8.97. The molecule has 3 N–H and O–H groups in total. The van der Waals surface area contributed by atoms with Crippen molar-refractivity contribution in [2.24, 2.45) is 0 Å². The molecule has 2 heterocycles. The number of halogens is 1. The fraction of sp³-hybridized carbons (Fsp3) is 0.455. The topological polar surface area (TPSA) is 89.9 Å².